The summed E-state index contributed by atoms with van der Waals surface area (Å²) in [5.41, 5.74) is 22.6. The van der Waals surface area contributed by atoms with Crippen molar-refractivity contribution in [1.82, 2.24) is 9.88 Å². The van der Waals surface area contributed by atoms with Crippen molar-refractivity contribution < 1.29 is 9.53 Å². The molecule has 1 fully saturated rings. The van der Waals surface area contributed by atoms with Crippen molar-refractivity contribution in [3.8, 4) is 0 Å². The summed E-state index contributed by atoms with van der Waals surface area (Å²) in [6.45, 7) is 7.15. The molecule has 38 heavy (non-hydrogen) atoms. The smallest absolute Gasteiger partial charge is 0.248 e. The fourth-order valence-corrected chi connectivity index (χ4v) is 4.58. The number of anilines is 2. The lowest BCUT2D eigenvalue weighted by Crippen LogP contribution is -2.40. The van der Waals surface area contributed by atoms with E-state index in [1.807, 2.05) is 42.4 Å². The van der Waals surface area contributed by atoms with Crippen LogP contribution in [-0.4, -0.2) is 68.9 Å². The topological polar surface area (TPSA) is 148 Å². The molecular weight excluding hydrogens is 480 g/mol. The first-order chi connectivity index (χ1) is 18.2. The SMILES string of the molecule is COCC(=O)N1CCC(CN=CC(=CN)C2=Cc3nc(N/C(N)=C/C(=C\N)C(C)C)ccc3N(C)C2)CC1. The van der Waals surface area contributed by atoms with Gasteiger partial charge in [0.25, 0.3) is 0 Å². The maximum Gasteiger partial charge on any atom is 0.248 e. The quantitative estimate of drug-likeness (QED) is 0.270. The van der Waals surface area contributed by atoms with Gasteiger partial charge in [-0.05, 0) is 66.3 Å². The zero-order chi connectivity index (χ0) is 27.7. The van der Waals surface area contributed by atoms with Crippen LogP contribution in [0.2, 0.25) is 0 Å². The number of hydrogen-bond acceptors (Lipinski definition) is 9. The van der Waals surface area contributed by atoms with Crippen molar-refractivity contribution in [3.63, 3.8) is 0 Å². The molecule has 2 aliphatic rings. The lowest BCUT2D eigenvalue weighted by molar-refractivity contribution is -0.136. The molecule has 2 aliphatic heterocycles. The van der Waals surface area contributed by atoms with Gasteiger partial charge in [-0.1, -0.05) is 13.8 Å². The Morgan fingerprint density at radius 2 is 2.00 bits per heavy atom. The number of carbonyl (C=O) groups excluding carboxylic acids is 1. The molecular formula is C28H42N8O2. The monoisotopic (exact) mass is 522 g/mol. The normalized spacial score (nSPS) is 17.7. The van der Waals surface area contributed by atoms with E-state index in [2.05, 4.69) is 24.1 Å². The molecule has 0 radical (unpaired) electrons. The zero-order valence-corrected chi connectivity index (χ0v) is 23.0. The summed E-state index contributed by atoms with van der Waals surface area (Å²) < 4.78 is 4.96. The summed E-state index contributed by atoms with van der Waals surface area (Å²) >= 11 is 0. The zero-order valence-electron chi connectivity index (χ0n) is 23.0. The second kappa shape index (κ2) is 13.7. The number of rotatable bonds is 10. The van der Waals surface area contributed by atoms with Gasteiger partial charge >= 0.3 is 0 Å². The van der Waals surface area contributed by atoms with Crippen LogP contribution < -0.4 is 27.4 Å². The molecule has 0 saturated carbocycles. The fraction of sp³-hybridized carbons (Fsp3) is 0.464. The fourth-order valence-electron chi connectivity index (χ4n) is 4.58. The number of nitrogens with two attached hydrogens (primary N) is 3. The van der Waals surface area contributed by atoms with Crippen LogP contribution >= 0.6 is 0 Å². The summed E-state index contributed by atoms with van der Waals surface area (Å²) in [4.78, 5) is 25.5. The maximum atomic E-state index is 12.0. The van der Waals surface area contributed by atoms with Crippen LogP contribution in [-0.2, 0) is 9.53 Å². The predicted octanol–water partition coefficient (Wildman–Crippen LogP) is 2.42. The molecule has 1 aromatic rings. The molecule has 3 rings (SSSR count). The Labute approximate surface area is 226 Å². The minimum Gasteiger partial charge on any atom is -0.404 e. The number of allylic oxidation sites excluding steroid dienone is 2. The average Bonchev–Trinajstić information content (AvgIpc) is 2.89. The highest BCUT2D eigenvalue weighted by Gasteiger charge is 2.22. The highest BCUT2D eigenvalue weighted by atomic mass is 16.5. The molecule has 0 atom stereocenters. The van der Waals surface area contributed by atoms with Gasteiger partial charge in [-0.2, -0.15) is 0 Å². The standard InChI is InChI=1S/C28H42N8O2/c1-19(2)21(13-29)12-26(31)34-27-6-5-25-24(33-27)11-22(17-35(25)3)23(14-30)16-32-15-20-7-9-36(10-8-20)28(37)18-38-4/h5-6,11-14,16,19-20H,7-10,15,17-18,29-31H2,1-4H3,(H,33,34)/b21-13+,23-14?,26-12+,32-16?. The highest BCUT2D eigenvalue weighted by molar-refractivity contribution is 5.89. The number of likely N-dealkylation sites (tertiary alicyclic amines) is 1. The Bertz CT molecular complexity index is 1130. The molecule has 0 unspecified atom stereocenters. The molecule has 0 aliphatic carbocycles. The van der Waals surface area contributed by atoms with Gasteiger partial charge < -0.3 is 37.1 Å². The third-order valence-electron chi connectivity index (χ3n) is 6.87. The number of fused-ring (bicyclic) bond motifs is 1. The Balaban J connectivity index is 1.66. The Hall–Kier alpha value is -3.79. The second-order valence-electron chi connectivity index (χ2n) is 10.0. The summed E-state index contributed by atoms with van der Waals surface area (Å²) in [7, 11) is 3.57. The summed E-state index contributed by atoms with van der Waals surface area (Å²) in [5, 5.41) is 3.16. The number of aliphatic imine (C=N–C) groups is 1. The van der Waals surface area contributed by atoms with Crippen molar-refractivity contribution >= 4 is 29.7 Å². The minimum atomic E-state index is 0.0508. The van der Waals surface area contributed by atoms with Gasteiger partial charge in [-0.25, -0.2) is 4.98 Å². The van der Waals surface area contributed by atoms with E-state index in [4.69, 9.17) is 31.9 Å². The molecule has 1 amide bonds. The van der Waals surface area contributed by atoms with Crippen molar-refractivity contribution in [1.29, 1.82) is 0 Å². The first-order valence-corrected chi connectivity index (χ1v) is 13.0. The molecule has 0 bridgehead atoms. The van der Waals surface area contributed by atoms with Gasteiger partial charge in [0.2, 0.25) is 5.91 Å². The number of pyridine rings is 1. The number of ether oxygens (including phenoxy) is 1. The predicted molar refractivity (Wildman–Crippen MR) is 155 cm³/mol. The van der Waals surface area contributed by atoms with E-state index in [1.165, 1.54) is 0 Å². The molecule has 1 aromatic heterocycles. The number of methoxy groups -OCH3 is 1. The lowest BCUT2D eigenvalue weighted by atomic mass is 9.97. The van der Waals surface area contributed by atoms with E-state index in [0.717, 1.165) is 54.0 Å². The van der Waals surface area contributed by atoms with Gasteiger partial charge in [-0.15, -0.1) is 0 Å². The van der Waals surface area contributed by atoms with Crippen LogP contribution in [0.15, 0.2) is 58.1 Å². The van der Waals surface area contributed by atoms with Crippen LogP contribution in [0.5, 0.6) is 0 Å². The van der Waals surface area contributed by atoms with Crippen LogP contribution in [0, 0.1) is 11.8 Å². The third kappa shape index (κ3) is 7.61. The summed E-state index contributed by atoms with van der Waals surface area (Å²) in [6, 6.07) is 3.93. The minimum absolute atomic E-state index is 0.0508. The largest absolute Gasteiger partial charge is 0.404 e. The Morgan fingerprint density at radius 1 is 1.26 bits per heavy atom. The highest BCUT2D eigenvalue weighted by Crippen LogP contribution is 2.30. The van der Waals surface area contributed by atoms with E-state index in [9.17, 15) is 4.79 Å². The summed E-state index contributed by atoms with van der Waals surface area (Å²) in [5.74, 6) is 1.87. The molecule has 3 heterocycles. The molecule has 1 saturated heterocycles. The van der Waals surface area contributed by atoms with Gasteiger partial charge in [0.05, 0.1) is 11.4 Å². The van der Waals surface area contributed by atoms with E-state index < -0.39 is 0 Å². The van der Waals surface area contributed by atoms with Gasteiger partial charge in [0.15, 0.2) is 0 Å². The van der Waals surface area contributed by atoms with Crippen molar-refractivity contribution in [2.24, 2.45) is 34.0 Å². The number of likely N-dealkylation sites (N-methyl/N-ethyl adjacent to an activating group) is 1. The molecule has 10 nitrogen and oxygen atoms in total. The van der Waals surface area contributed by atoms with E-state index in [0.29, 0.717) is 30.6 Å². The molecule has 7 N–H and O–H groups in total. The number of nitrogens with zero attached hydrogens (tertiary/aromatic N) is 4. The van der Waals surface area contributed by atoms with Crippen LogP contribution in [0.4, 0.5) is 11.5 Å². The lowest BCUT2D eigenvalue weighted by Gasteiger charge is -2.31. The number of nitrogens with one attached hydrogen (secondary N) is 1. The first kappa shape index (κ1) is 28.8. The van der Waals surface area contributed by atoms with E-state index >= 15 is 0 Å². The maximum absolute atomic E-state index is 12.0. The van der Waals surface area contributed by atoms with Crippen LogP contribution in [0.3, 0.4) is 0 Å². The van der Waals surface area contributed by atoms with Crippen LogP contribution in [0.1, 0.15) is 32.4 Å². The number of amides is 1. The van der Waals surface area contributed by atoms with Crippen molar-refractivity contribution in [2.75, 3.05) is 57.2 Å². The third-order valence-corrected chi connectivity index (χ3v) is 6.87. The molecule has 10 heteroatoms. The Kier molecular flexibility index (Phi) is 10.3. The molecule has 0 spiro atoms. The van der Waals surface area contributed by atoms with Crippen LogP contribution in [0.25, 0.3) is 6.08 Å². The molecule has 0 aromatic carbocycles. The second-order valence-corrected chi connectivity index (χ2v) is 10.0. The Morgan fingerprint density at radius 3 is 2.63 bits per heavy atom. The number of hydrogen-bond donors (Lipinski definition) is 4. The first-order valence-electron chi connectivity index (χ1n) is 13.0. The van der Waals surface area contributed by atoms with Gasteiger partial charge in [0, 0.05) is 58.3 Å². The average molecular weight is 523 g/mol. The number of piperidine rings is 1. The molecule has 206 valence electrons. The van der Waals surface area contributed by atoms with Crippen molar-refractivity contribution in [3.05, 3.63) is 58.8 Å². The van der Waals surface area contributed by atoms with Gasteiger partial charge in [-0.3, -0.25) is 9.79 Å². The van der Waals surface area contributed by atoms with E-state index in [-0.39, 0.29) is 18.4 Å². The van der Waals surface area contributed by atoms with E-state index in [1.54, 1.807) is 19.5 Å². The van der Waals surface area contributed by atoms with Gasteiger partial charge in [0.1, 0.15) is 18.2 Å². The number of carbonyl (C=O) groups is 1. The number of aromatic nitrogens is 1. The summed E-state index contributed by atoms with van der Waals surface area (Å²) in [6.07, 6.45) is 10.8. The van der Waals surface area contributed by atoms with Crippen molar-refractivity contribution in [2.45, 2.75) is 26.7 Å².